The Kier molecular flexibility index (Phi) is 4.77. The number of aromatic nitrogens is 2. The van der Waals surface area contributed by atoms with Crippen LogP contribution in [0.3, 0.4) is 0 Å². The summed E-state index contributed by atoms with van der Waals surface area (Å²) in [5.41, 5.74) is 4.17. The molecule has 5 aromatic rings. The van der Waals surface area contributed by atoms with Gasteiger partial charge < -0.3 is 10.1 Å². The Labute approximate surface area is 179 Å². The number of aromatic amines is 1. The minimum Gasteiger partial charge on any atom is -0.497 e. The van der Waals surface area contributed by atoms with Gasteiger partial charge in [-0.3, -0.25) is 5.10 Å². The molecule has 0 spiro atoms. The zero-order chi connectivity index (χ0) is 20.5. The van der Waals surface area contributed by atoms with Gasteiger partial charge in [0.25, 0.3) is 0 Å². The van der Waals surface area contributed by atoms with Crippen LogP contribution < -0.4 is 10.1 Å². The summed E-state index contributed by atoms with van der Waals surface area (Å²) in [6.45, 7) is 0.672. The number of halogens is 1. The lowest BCUT2D eigenvalue weighted by molar-refractivity contribution is 0.415. The third-order valence-corrected chi connectivity index (χ3v) is 5.62. The molecular formula is C25H20ClN3O. The van der Waals surface area contributed by atoms with Gasteiger partial charge in [0, 0.05) is 17.5 Å². The Balaban J connectivity index is 1.43. The Morgan fingerprint density at radius 2 is 1.73 bits per heavy atom. The second kappa shape index (κ2) is 7.73. The van der Waals surface area contributed by atoms with Crippen molar-refractivity contribution >= 4 is 39.1 Å². The van der Waals surface area contributed by atoms with Crippen LogP contribution in [-0.4, -0.2) is 17.3 Å². The van der Waals surface area contributed by atoms with E-state index in [-0.39, 0.29) is 0 Å². The van der Waals surface area contributed by atoms with E-state index in [0.717, 1.165) is 39.0 Å². The summed E-state index contributed by atoms with van der Waals surface area (Å²) in [7, 11) is 1.68. The minimum atomic E-state index is 0.672. The van der Waals surface area contributed by atoms with E-state index in [4.69, 9.17) is 16.3 Å². The molecule has 30 heavy (non-hydrogen) atoms. The molecule has 0 saturated carbocycles. The molecule has 1 heterocycles. The number of fused-ring (bicyclic) bond motifs is 2. The predicted octanol–water partition coefficient (Wildman–Crippen LogP) is 6.66. The van der Waals surface area contributed by atoms with E-state index in [2.05, 4.69) is 58.0 Å². The molecule has 0 radical (unpaired) electrons. The highest BCUT2D eigenvalue weighted by Gasteiger charge is 2.11. The van der Waals surface area contributed by atoms with Crippen molar-refractivity contribution < 1.29 is 4.74 Å². The van der Waals surface area contributed by atoms with Crippen molar-refractivity contribution in [2.24, 2.45) is 0 Å². The largest absolute Gasteiger partial charge is 0.497 e. The summed E-state index contributed by atoms with van der Waals surface area (Å²) in [6, 6.07) is 26.7. The van der Waals surface area contributed by atoms with Gasteiger partial charge in [0.15, 0.2) is 5.82 Å². The van der Waals surface area contributed by atoms with Crippen molar-refractivity contribution in [2.45, 2.75) is 6.54 Å². The molecule has 4 nitrogen and oxygen atoms in total. The highest BCUT2D eigenvalue weighted by molar-refractivity contribution is 6.34. The van der Waals surface area contributed by atoms with Crippen LogP contribution in [0.5, 0.6) is 5.75 Å². The Bertz CT molecular complexity index is 1350. The fourth-order valence-corrected chi connectivity index (χ4v) is 3.98. The lowest BCUT2D eigenvalue weighted by Crippen LogP contribution is -2.00. The molecule has 5 heteroatoms. The van der Waals surface area contributed by atoms with Gasteiger partial charge in [-0.15, -0.1) is 0 Å². The van der Waals surface area contributed by atoms with Crippen LogP contribution in [0.25, 0.3) is 32.8 Å². The monoisotopic (exact) mass is 413 g/mol. The van der Waals surface area contributed by atoms with Gasteiger partial charge in [-0.1, -0.05) is 60.1 Å². The summed E-state index contributed by atoms with van der Waals surface area (Å²) in [6.07, 6.45) is 0. The average Bonchev–Trinajstić information content (AvgIpc) is 3.18. The summed E-state index contributed by atoms with van der Waals surface area (Å²) in [5, 5.41) is 15.1. The number of methoxy groups -OCH3 is 1. The predicted molar refractivity (Wildman–Crippen MR) is 124 cm³/mol. The molecule has 0 unspecified atom stereocenters. The van der Waals surface area contributed by atoms with Crippen LogP contribution in [0.4, 0.5) is 5.82 Å². The van der Waals surface area contributed by atoms with Gasteiger partial charge in [-0.2, -0.15) is 5.10 Å². The number of hydrogen-bond donors (Lipinski definition) is 2. The van der Waals surface area contributed by atoms with Gasteiger partial charge in [0.05, 0.1) is 17.6 Å². The van der Waals surface area contributed by atoms with Crippen molar-refractivity contribution in [2.75, 3.05) is 12.4 Å². The first kappa shape index (κ1) is 18.5. The maximum atomic E-state index is 6.52. The van der Waals surface area contributed by atoms with Gasteiger partial charge >= 0.3 is 0 Å². The van der Waals surface area contributed by atoms with Crippen LogP contribution >= 0.6 is 11.6 Å². The van der Waals surface area contributed by atoms with Crippen molar-refractivity contribution in [1.82, 2.24) is 10.2 Å². The van der Waals surface area contributed by atoms with E-state index in [1.54, 1.807) is 7.11 Å². The van der Waals surface area contributed by atoms with Crippen molar-refractivity contribution in [3.05, 3.63) is 89.4 Å². The number of rotatable bonds is 5. The van der Waals surface area contributed by atoms with Crippen LogP contribution in [0, 0.1) is 0 Å². The van der Waals surface area contributed by atoms with Crippen LogP contribution in [0.15, 0.2) is 78.9 Å². The smallest absolute Gasteiger partial charge is 0.156 e. The second-order valence-corrected chi connectivity index (χ2v) is 7.62. The van der Waals surface area contributed by atoms with Gasteiger partial charge in [-0.05, 0) is 52.2 Å². The first-order chi connectivity index (χ1) is 14.7. The average molecular weight is 414 g/mol. The highest BCUT2D eigenvalue weighted by Crippen LogP contribution is 2.34. The second-order valence-electron chi connectivity index (χ2n) is 7.22. The highest BCUT2D eigenvalue weighted by atomic mass is 35.5. The lowest BCUT2D eigenvalue weighted by Gasteiger charge is -2.08. The van der Waals surface area contributed by atoms with Crippen molar-refractivity contribution in [1.29, 1.82) is 0 Å². The first-order valence-corrected chi connectivity index (χ1v) is 10.1. The number of hydrogen-bond acceptors (Lipinski definition) is 3. The third-order valence-electron chi connectivity index (χ3n) is 5.31. The van der Waals surface area contributed by atoms with E-state index in [0.29, 0.717) is 11.6 Å². The third kappa shape index (κ3) is 3.46. The maximum absolute atomic E-state index is 6.52. The summed E-state index contributed by atoms with van der Waals surface area (Å²) < 4.78 is 5.31. The molecule has 0 amide bonds. The topological polar surface area (TPSA) is 49.9 Å². The van der Waals surface area contributed by atoms with E-state index < -0.39 is 0 Å². The van der Waals surface area contributed by atoms with Gasteiger partial charge in [-0.25, -0.2) is 0 Å². The van der Waals surface area contributed by atoms with Crippen molar-refractivity contribution in [3.8, 4) is 16.9 Å². The molecule has 0 aliphatic heterocycles. The number of anilines is 1. The maximum Gasteiger partial charge on any atom is 0.156 e. The summed E-state index contributed by atoms with van der Waals surface area (Å²) in [4.78, 5) is 0. The van der Waals surface area contributed by atoms with Crippen LogP contribution in [-0.2, 0) is 6.54 Å². The molecule has 0 saturated heterocycles. The fraction of sp³-hybridized carbons (Fsp3) is 0.0800. The van der Waals surface area contributed by atoms with Crippen LogP contribution in [0.2, 0.25) is 5.02 Å². The molecular weight excluding hydrogens is 394 g/mol. The van der Waals surface area contributed by atoms with E-state index >= 15 is 0 Å². The van der Waals surface area contributed by atoms with Crippen molar-refractivity contribution in [3.63, 3.8) is 0 Å². The summed E-state index contributed by atoms with van der Waals surface area (Å²) >= 11 is 6.52. The molecule has 0 fully saturated rings. The Morgan fingerprint density at radius 1 is 0.933 bits per heavy atom. The fourth-order valence-electron chi connectivity index (χ4n) is 3.71. The number of nitrogens with zero attached hydrogens (tertiary/aromatic N) is 1. The van der Waals surface area contributed by atoms with E-state index in [9.17, 15) is 0 Å². The summed E-state index contributed by atoms with van der Waals surface area (Å²) in [5.74, 6) is 1.68. The SMILES string of the molecule is COc1ccc2cc(CNc3n[nH]c4cc(Cl)c(-c5ccccc5)cc34)ccc2c1. The number of ether oxygens (including phenoxy) is 1. The molecule has 5 rings (SSSR count). The van der Waals surface area contributed by atoms with Gasteiger partial charge in [0.1, 0.15) is 5.75 Å². The zero-order valence-electron chi connectivity index (χ0n) is 16.4. The molecule has 4 aromatic carbocycles. The molecule has 2 N–H and O–H groups in total. The number of nitrogens with one attached hydrogen (secondary N) is 2. The first-order valence-electron chi connectivity index (χ1n) is 9.75. The lowest BCUT2D eigenvalue weighted by atomic mass is 10.0. The normalized spacial score (nSPS) is 11.1. The standard InChI is InChI=1S/C25H20ClN3O/c1-30-20-10-9-18-11-16(7-8-19(18)12-20)15-27-25-22-13-21(17-5-3-2-4-6-17)23(26)14-24(22)28-29-25/h2-14H,15H2,1H3,(H2,27,28,29). The van der Waals surface area contributed by atoms with Crippen LogP contribution in [0.1, 0.15) is 5.56 Å². The van der Waals surface area contributed by atoms with Gasteiger partial charge in [0.2, 0.25) is 0 Å². The molecule has 0 aliphatic carbocycles. The molecule has 148 valence electrons. The Hall–Kier alpha value is -3.50. The molecule has 0 bridgehead atoms. The van der Waals surface area contributed by atoms with E-state index in [1.165, 1.54) is 10.9 Å². The minimum absolute atomic E-state index is 0.672. The molecule has 0 atom stereocenters. The number of benzene rings is 4. The van der Waals surface area contributed by atoms with E-state index in [1.807, 2.05) is 36.4 Å². The Morgan fingerprint density at radius 3 is 2.57 bits per heavy atom. The molecule has 1 aromatic heterocycles. The molecule has 0 aliphatic rings. The quantitative estimate of drug-likeness (QED) is 0.339. The number of H-pyrrole nitrogens is 1. The zero-order valence-corrected chi connectivity index (χ0v) is 17.2.